The monoisotopic (exact) mass is 423 g/mol. The van der Waals surface area contributed by atoms with E-state index in [4.69, 9.17) is 0 Å². The maximum Gasteiger partial charge on any atom is 0.258 e. The molecule has 154 valence electrons. The van der Waals surface area contributed by atoms with Crippen LogP contribution in [0.15, 0.2) is 65.6 Å². The van der Waals surface area contributed by atoms with E-state index in [1.54, 1.807) is 59.5 Å². The number of amides is 1. The number of aliphatic carboxylic acids is 1. The third-order valence-electron chi connectivity index (χ3n) is 5.22. The van der Waals surface area contributed by atoms with Crippen LogP contribution in [0, 0.1) is 0 Å². The standard InChI is InChI=1S/C22H20N2O5S/c1-2-24-18-11-12-19(15-9-6-10-16(20(15)18)21(24)25)30(28,29)23-17(22(26)27)13-14-7-4-3-5-8-14/h3-12,17,23H,2,13H2,1H3,(H,26,27)/p-1/t17-/m0/s1. The van der Waals surface area contributed by atoms with Crippen molar-refractivity contribution in [3.63, 3.8) is 0 Å². The molecule has 1 aliphatic heterocycles. The van der Waals surface area contributed by atoms with Crippen LogP contribution in [0.4, 0.5) is 5.69 Å². The highest BCUT2D eigenvalue weighted by molar-refractivity contribution is 7.89. The summed E-state index contributed by atoms with van der Waals surface area (Å²) in [5.41, 5.74) is 1.74. The molecule has 8 heteroatoms. The van der Waals surface area contributed by atoms with E-state index in [-0.39, 0.29) is 17.2 Å². The number of hydrogen-bond acceptors (Lipinski definition) is 5. The van der Waals surface area contributed by atoms with E-state index in [0.717, 1.165) is 0 Å². The smallest absolute Gasteiger partial charge is 0.258 e. The summed E-state index contributed by atoms with van der Waals surface area (Å²) in [5, 5.41) is 12.6. The van der Waals surface area contributed by atoms with Gasteiger partial charge >= 0.3 is 0 Å². The molecule has 0 aromatic heterocycles. The van der Waals surface area contributed by atoms with E-state index in [1.807, 2.05) is 6.92 Å². The Bertz CT molecular complexity index is 1260. The predicted octanol–water partition coefficient (Wildman–Crippen LogP) is 1.46. The molecule has 4 rings (SSSR count). The Morgan fingerprint density at radius 1 is 1.07 bits per heavy atom. The number of carbonyl (C=O) groups excluding carboxylic acids is 2. The van der Waals surface area contributed by atoms with Crippen LogP contribution in [0.1, 0.15) is 22.8 Å². The Hall–Kier alpha value is -3.23. The molecule has 0 aliphatic carbocycles. The fourth-order valence-electron chi connectivity index (χ4n) is 3.84. The van der Waals surface area contributed by atoms with Crippen molar-refractivity contribution in [3.8, 4) is 0 Å². The summed E-state index contributed by atoms with van der Waals surface area (Å²) in [7, 11) is -4.20. The number of hydrogen-bond donors (Lipinski definition) is 1. The number of rotatable bonds is 7. The van der Waals surface area contributed by atoms with Crippen LogP contribution in [-0.4, -0.2) is 32.9 Å². The van der Waals surface area contributed by atoms with E-state index in [2.05, 4.69) is 4.72 Å². The highest BCUT2D eigenvalue weighted by atomic mass is 32.2. The second kappa shape index (κ2) is 7.55. The SMILES string of the molecule is CCN1C(=O)c2cccc3c(S(=O)(=O)N[C@@H](Cc4ccccc4)C(=O)[O-])ccc1c23. The maximum atomic E-state index is 13.1. The van der Waals surface area contributed by atoms with Gasteiger partial charge in [0.15, 0.2) is 0 Å². The van der Waals surface area contributed by atoms with Crippen LogP contribution in [0.3, 0.4) is 0 Å². The minimum Gasteiger partial charge on any atom is -0.548 e. The fourth-order valence-corrected chi connectivity index (χ4v) is 5.23. The van der Waals surface area contributed by atoms with E-state index >= 15 is 0 Å². The van der Waals surface area contributed by atoms with Gasteiger partial charge in [0.05, 0.1) is 22.6 Å². The predicted molar refractivity (Wildman–Crippen MR) is 111 cm³/mol. The number of nitrogens with zero attached hydrogens (tertiary/aromatic N) is 1. The van der Waals surface area contributed by atoms with Crippen molar-refractivity contribution in [3.05, 3.63) is 71.8 Å². The molecule has 7 nitrogen and oxygen atoms in total. The first-order chi connectivity index (χ1) is 14.3. The van der Waals surface area contributed by atoms with Crippen LogP contribution in [0.5, 0.6) is 0 Å². The van der Waals surface area contributed by atoms with E-state index in [1.165, 1.54) is 6.07 Å². The van der Waals surface area contributed by atoms with Crippen LogP contribution in [0.25, 0.3) is 10.8 Å². The van der Waals surface area contributed by atoms with Crippen molar-refractivity contribution in [2.75, 3.05) is 11.4 Å². The third-order valence-corrected chi connectivity index (χ3v) is 6.75. The van der Waals surface area contributed by atoms with Crippen molar-refractivity contribution in [2.45, 2.75) is 24.3 Å². The van der Waals surface area contributed by atoms with Crippen molar-refractivity contribution in [1.29, 1.82) is 0 Å². The Labute approximate surface area is 174 Å². The lowest BCUT2D eigenvalue weighted by atomic mass is 10.1. The van der Waals surface area contributed by atoms with Gasteiger partial charge in [-0.15, -0.1) is 0 Å². The molecule has 1 aliphatic rings. The Balaban J connectivity index is 1.76. The average molecular weight is 423 g/mol. The zero-order valence-electron chi connectivity index (χ0n) is 16.2. The summed E-state index contributed by atoms with van der Waals surface area (Å²) in [6.07, 6.45) is -0.0498. The Kier molecular flexibility index (Phi) is 5.05. The molecule has 1 heterocycles. The van der Waals surface area contributed by atoms with Gasteiger partial charge in [-0.05, 0) is 37.1 Å². The van der Waals surface area contributed by atoms with Crippen molar-refractivity contribution in [1.82, 2.24) is 4.72 Å². The van der Waals surface area contributed by atoms with E-state index in [0.29, 0.717) is 34.1 Å². The molecular formula is C22H19N2O5S-. The summed E-state index contributed by atoms with van der Waals surface area (Å²) < 4.78 is 28.5. The molecule has 0 spiro atoms. The number of benzene rings is 3. The first kappa shape index (κ1) is 20.1. The van der Waals surface area contributed by atoms with Crippen LogP contribution in [0.2, 0.25) is 0 Å². The number of carbonyl (C=O) groups is 2. The molecule has 0 saturated carbocycles. The lowest BCUT2D eigenvalue weighted by molar-refractivity contribution is -0.307. The molecule has 0 radical (unpaired) electrons. The minimum atomic E-state index is -4.20. The quantitative estimate of drug-likeness (QED) is 0.619. The highest BCUT2D eigenvalue weighted by Gasteiger charge is 2.32. The van der Waals surface area contributed by atoms with Gasteiger partial charge in [0.25, 0.3) is 5.91 Å². The molecule has 1 atom stereocenters. The summed E-state index contributed by atoms with van der Waals surface area (Å²) >= 11 is 0. The van der Waals surface area contributed by atoms with Crippen LogP contribution >= 0.6 is 0 Å². The summed E-state index contributed by atoms with van der Waals surface area (Å²) in [5.74, 6) is -1.70. The fraction of sp³-hybridized carbons (Fsp3) is 0.182. The van der Waals surface area contributed by atoms with Crippen molar-refractivity contribution in [2.24, 2.45) is 0 Å². The highest BCUT2D eigenvalue weighted by Crippen LogP contribution is 2.39. The zero-order valence-corrected chi connectivity index (χ0v) is 17.0. The first-order valence-electron chi connectivity index (χ1n) is 9.48. The van der Waals surface area contributed by atoms with Crippen LogP contribution in [-0.2, 0) is 21.2 Å². The normalized spacial score (nSPS) is 14.3. The van der Waals surface area contributed by atoms with Gasteiger partial charge in [0, 0.05) is 22.9 Å². The van der Waals surface area contributed by atoms with Gasteiger partial charge in [0.1, 0.15) is 0 Å². The molecule has 0 bridgehead atoms. The third kappa shape index (κ3) is 3.34. The van der Waals surface area contributed by atoms with E-state index < -0.39 is 22.0 Å². The first-order valence-corrected chi connectivity index (χ1v) is 11.0. The van der Waals surface area contributed by atoms with E-state index in [9.17, 15) is 23.1 Å². The number of anilines is 1. The lowest BCUT2D eigenvalue weighted by Gasteiger charge is -2.21. The molecule has 0 fully saturated rings. The molecular weight excluding hydrogens is 404 g/mol. The Morgan fingerprint density at radius 3 is 2.47 bits per heavy atom. The summed E-state index contributed by atoms with van der Waals surface area (Å²) in [6, 6.07) is 15.2. The number of carboxylic acid groups (broad SMARTS) is 1. The molecule has 1 N–H and O–H groups in total. The minimum absolute atomic E-state index is 0.0498. The van der Waals surface area contributed by atoms with Gasteiger partial charge in [-0.25, -0.2) is 13.1 Å². The molecule has 30 heavy (non-hydrogen) atoms. The lowest BCUT2D eigenvalue weighted by Crippen LogP contribution is -2.49. The maximum absolute atomic E-state index is 13.1. The van der Waals surface area contributed by atoms with Gasteiger partial charge < -0.3 is 14.8 Å². The summed E-state index contributed by atoms with van der Waals surface area (Å²) in [4.78, 5) is 25.8. The number of carboxylic acids is 1. The largest absolute Gasteiger partial charge is 0.548 e. The Morgan fingerprint density at radius 2 is 1.80 bits per heavy atom. The molecule has 3 aromatic carbocycles. The molecule has 3 aromatic rings. The van der Waals surface area contributed by atoms with Crippen molar-refractivity contribution < 1.29 is 23.1 Å². The topological polar surface area (TPSA) is 107 Å². The van der Waals surface area contributed by atoms with Gasteiger partial charge in [-0.3, -0.25) is 4.79 Å². The number of sulfonamides is 1. The number of nitrogens with one attached hydrogen (secondary N) is 1. The average Bonchev–Trinajstić information content (AvgIpc) is 3.01. The van der Waals surface area contributed by atoms with Crippen LogP contribution < -0.4 is 14.7 Å². The van der Waals surface area contributed by atoms with Gasteiger partial charge in [0.2, 0.25) is 10.0 Å². The molecule has 0 saturated heterocycles. The van der Waals surface area contributed by atoms with Gasteiger partial charge in [-0.1, -0.05) is 42.5 Å². The zero-order chi connectivity index (χ0) is 21.5. The van der Waals surface area contributed by atoms with Crippen molar-refractivity contribution >= 4 is 38.4 Å². The second-order valence-electron chi connectivity index (χ2n) is 7.04. The molecule has 1 amide bonds. The molecule has 0 unspecified atom stereocenters. The summed E-state index contributed by atoms with van der Waals surface area (Å²) in [6.45, 7) is 2.30. The van der Waals surface area contributed by atoms with Gasteiger partial charge in [-0.2, -0.15) is 0 Å². The second-order valence-corrected chi connectivity index (χ2v) is 8.73.